The molecule has 2 aromatic rings. The Balaban J connectivity index is 1.64. The highest BCUT2D eigenvalue weighted by Gasteiger charge is 2.35. The first-order chi connectivity index (χ1) is 11.1. The molecule has 0 aliphatic heterocycles. The molecule has 7 heteroatoms. The van der Waals surface area contributed by atoms with E-state index < -0.39 is 0 Å². The fraction of sp³-hybridized carbons (Fsp3) is 0.500. The van der Waals surface area contributed by atoms with Crippen LogP contribution >= 0.6 is 11.3 Å². The summed E-state index contributed by atoms with van der Waals surface area (Å²) < 4.78 is 0. The molecule has 0 saturated heterocycles. The highest BCUT2D eigenvalue weighted by molar-refractivity contribution is 7.16. The number of nitrogens with zero attached hydrogens (tertiary/aromatic N) is 3. The van der Waals surface area contributed by atoms with Gasteiger partial charge in [-0.2, -0.15) is 0 Å². The van der Waals surface area contributed by atoms with Gasteiger partial charge in [-0.15, -0.1) is 11.3 Å². The van der Waals surface area contributed by atoms with E-state index in [9.17, 15) is 9.90 Å². The van der Waals surface area contributed by atoms with Crippen molar-refractivity contribution in [3.8, 4) is 10.8 Å². The lowest BCUT2D eigenvalue weighted by atomic mass is 9.73. The lowest BCUT2D eigenvalue weighted by Crippen LogP contribution is -2.45. The predicted octanol–water partition coefficient (Wildman–Crippen LogP) is 2.27. The summed E-state index contributed by atoms with van der Waals surface area (Å²) in [5, 5.41) is 13.7. The second-order valence-corrected chi connectivity index (χ2v) is 7.23. The van der Waals surface area contributed by atoms with Crippen LogP contribution < -0.4 is 5.32 Å². The van der Waals surface area contributed by atoms with Crippen LogP contribution in [0.1, 0.15) is 42.3 Å². The molecule has 1 aliphatic carbocycles. The van der Waals surface area contributed by atoms with E-state index in [4.69, 9.17) is 0 Å². The van der Waals surface area contributed by atoms with E-state index in [0.717, 1.165) is 25.7 Å². The standard InChI is InChI=1S/C16H20N4O2S/c1-16(6-3-2-5-12(16)21)10-20-14(22)11-9-19-15(23-11)13-17-7-4-8-18-13/h4,7-9,12,21H,2-3,5-6,10H2,1H3,(H,20,22). The molecule has 0 bridgehead atoms. The van der Waals surface area contributed by atoms with E-state index in [1.807, 2.05) is 6.92 Å². The minimum absolute atomic E-state index is 0.163. The molecule has 23 heavy (non-hydrogen) atoms. The summed E-state index contributed by atoms with van der Waals surface area (Å²) in [5.74, 6) is 0.356. The second kappa shape index (κ2) is 6.72. The van der Waals surface area contributed by atoms with E-state index in [1.165, 1.54) is 11.3 Å². The summed E-state index contributed by atoms with van der Waals surface area (Å²) in [7, 11) is 0. The molecule has 2 atom stereocenters. The van der Waals surface area contributed by atoms with Crippen molar-refractivity contribution in [1.82, 2.24) is 20.3 Å². The Labute approximate surface area is 139 Å². The molecule has 1 aliphatic rings. The van der Waals surface area contributed by atoms with Crippen molar-refractivity contribution < 1.29 is 9.90 Å². The van der Waals surface area contributed by atoms with Crippen LogP contribution in [0.3, 0.4) is 0 Å². The van der Waals surface area contributed by atoms with Gasteiger partial charge in [-0.1, -0.05) is 19.8 Å². The van der Waals surface area contributed by atoms with Gasteiger partial charge < -0.3 is 10.4 Å². The Morgan fingerprint density at radius 2 is 2.17 bits per heavy atom. The average molecular weight is 332 g/mol. The number of aliphatic hydroxyl groups is 1. The number of carbonyl (C=O) groups is 1. The summed E-state index contributed by atoms with van der Waals surface area (Å²) in [4.78, 5) is 25.3. The van der Waals surface area contributed by atoms with E-state index in [-0.39, 0.29) is 17.4 Å². The van der Waals surface area contributed by atoms with E-state index in [0.29, 0.717) is 22.3 Å². The topological polar surface area (TPSA) is 88.0 Å². The van der Waals surface area contributed by atoms with Crippen LogP contribution in [0, 0.1) is 5.41 Å². The normalized spacial score (nSPS) is 24.3. The smallest absolute Gasteiger partial charge is 0.263 e. The molecule has 2 aromatic heterocycles. The third-order valence-electron chi connectivity index (χ3n) is 4.42. The van der Waals surface area contributed by atoms with Gasteiger partial charge in [0.15, 0.2) is 10.8 Å². The zero-order chi connectivity index (χ0) is 16.3. The van der Waals surface area contributed by atoms with Crippen molar-refractivity contribution in [1.29, 1.82) is 0 Å². The summed E-state index contributed by atoms with van der Waals surface area (Å²) in [6.07, 6.45) is 8.38. The van der Waals surface area contributed by atoms with Gasteiger partial charge in [-0.3, -0.25) is 4.79 Å². The Kier molecular flexibility index (Phi) is 4.68. The zero-order valence-electron chi connectivity index (χ0n) is 13.0. The average Bonchev–Trinajstić information content (AvgIpc) is 3.07. The predicted molar refractivity (Wildman–Crippen MR) is 88.1 cm³/mol. The van der Waals surface area contributed by atoms with Crippen molar-refractivity contribution in [2.75, 3.05) is 6.54 Å². The summed E-state index contributed by atoms with van der Waals surface area (Å²) in [5.41, 5.74) is -0.246. The molecular weight excluding hydrogens is 312 g/mol. The van der Waals surface area contributed by atoms with Gasteiger partial charge in [0.2, 0.25) is 0 Å². The van der Waals surface area contributed by atoms with Crippen LogP contribution in [-0.4, -0.2) is 38.6 Å². The second-order valence-electron chi connectivity index (χ2n) is 6.20. The summed E-state index contributed by atoms with van der Waals surface area (Å²) in [6, 6.07) is 1.74. The molecular formula is C16H20N4O2S. The molecule has 1 fully saturated rings. The van der Waals surface area contributed by atoms with Crippen LogP contribution in [0.15, 0.2) is 24.7 Å². The maximum atomic E-state index is 12.3. The lowest BCUT2D eigenvalue weighted by molar-refractivity contribution is 0.00193. The number of hydrogen-bond acceptors (Lipinski definition) is 6. The highest BCUT2D eigenvalue weighted by atomic mass is 32.1. The number of carbonyl (C=O) groups excluding carboxylic acids is 1. The number of hydrogen-bond donors (Lipinski definition) is 2. The first-order valence-corrected chi connectivity index (χ1v) is 8.60. The largest absolute Gasteiger partial charge is 0.392 e. The number of amides is 1. The molecule has 2 N–H and O–H groups in total. The SMILES string of the molecule is CC1(CNC(=O)c2cnc(-c3ncccn3)s2)CCCCC1O. The quantitative estimate of drug-likeness (QED) is 0.897. The fourth-order valence-corrected chi connectivity index (χ4v) is 3.63. The fourth-order valence-electron chi connectivity index (χ4n) is 2.85. The number of aliphatic hydroxyl groups excluding tert-OH is 1. The summed E-state index contributed by atoms with van der Waals surface area (Å²) >= 11 is 1.27. The number of rotatable bonds is 4. The van der Waals surface area contributed by atoms with E-state index in [1.54, 1.807) is 24.7 Å². The Morgan fingerprint density at radius 3 is 2.91 bits per heavy atom. The number of thiazole rings is 1. The third-order valence-corrected chi connectivity index (χ3v) is 5.41. The maximum Gasteiger partial charge on any atom is 0.263 e. The molecule has 1 saturated carbocycles. The van der Waals surface area contributed by atoms with Gasteiger partial charge in [-0.25, -0.2) is 15.0 Å². The molecule has 122 valence electrons. The number of nitrogens with one attached hydrogen (secondary N) is 1. The minimum Gasteiger partial charge on any atom is -0.392 e. The molecule has 2 unspecified atom stereocenters. The van der Waals surface area contributed by atoms with Crippen LogP contribution in [0.2, 0.25) is 0 Å². The van der Waals surface area contributed by atoms with Crippen molar-refractivity contribution >= 4 is 17.2 Å². The zero-order valence-corrected chi connectivity index (χ0v) is 13.8. The Bertz CT molecular complexity index is 676. The van der Waals surface area contributed by atoms with Crippen LogP contribution in [0.5, 0.6) is 0 Å². The molecule has 2 heterocycles. The van der Waals surface area contributed by atoms with Gasteiger partial charge >= 0.3 is 0 Å². The molecule has 0 aromatic carbocycles. The van der Waals surface area contributed by atoms with Crippen LogP contribution in [0.4, 0.5) is 0 Å². The molecule has 0 radical (unpaired) electrons. The van der Waals surface area contributed by atoms with Crippen LogP contribution in [0.25, 0.3) is 10.8 Å². The molecule has 1 amide bonds. The lowest BCUT2D eigenvalue weighted by Gasteiger charge is -2.38. The van der Waals surface area contributed by atoms with Gasteiger partial charge in [0.1, 0.15) is 4.88 Å². The third kappa shape index (κ3) is 3.56. The van der Waals surface area contributed by atoms with Crippen molar-refractivity contribution in [3.05, 3.63) is 29.5 Å². The molecule has 6 nitrogen and oxygen atoms in total. The first-order valence-electron chi connectivity index (χ1n) is 7.78. The van der Waals surface area contributed by atoms with Crippen molar-refractivity contribution in [3.63, 3.8) is 0 Å². The monoisotopic (exact) mass is 332 g/mol. The first kappa shape index (κ1) is 16.0. The van der Waals surface area contributed by atoms with Gasteiger partial charge in [0.05, 0.1) is 12.3 Å². The van der Waals surface area contributed by atoms with Gasteiger partial charge in [0.25, 0.3) is 5.91 Å². The van der Waals surface area contributed by atoms with Gasteiger partial charge in [-0.05, 0) is 18.9 Å². The molecule has 0 spiro atoms. The van der Waals surface area contributed by atoms with E-state index >= 15 is 0 Å². The summed E-state index contributed by atoms with van der Waals surface area (Å²) in [6.45, 7) is 2.51. The Hall–Kier alpha value is -1.86. The van der Waals surface area contributed by atoms with Gasteiger partial charge in [0, 0.05) is 24.4 Å². The van der Waals surface area contributed by atoms with Crippen molar-refractivity contribution in [2.24, 2.45) is 5.41 Å². The van der Waals surface area contributed by atoms with E-state index in [2.05, 4.69) is 20.3 Å². The molecule has 3 rings (SSSR count). The maximum absolute atomic E-state index is 12.3. The highest BCUT2D eigenvalue weighted by Crippen LogP contribution is 2.35. The van der Waals surface area contributed by atoms with Crippen LogP contribution in [-0.2, 0) is 0 Å². The minimum atomic E-state index is -0.355. The number of aromatic nitrogens is 3. The van der Waals surface area contributed by atoms with Crippen molar-refractivity contribution in [2.45, 2.75) is 38.7 Å². The Morgan fingerprint density at radius 1 is 1.39 bits per heavy atom.